The van der Waals surface area contributed by atoms with Crippen molar-refractivity contribution in [2.45, 2.75) is 57.4 Å². The summed E-state index contributed by atoms with van der Waals surface area (Å²) in [7, 11) is 0. The molecule has 2 heteroatoms. The van der Waals surface area contributed by atoms with Crippen molar-refractivity contribution >= 4 is 16.6 Å². The minimum atomic E-state index is 0.678. The fraction of sp³-hybridized carbons (Fsp3) is 0.556. The van der Waals surface area contributed by atoms with Gasteiger partial charge in [-0.1, -0.05) is 12.8 Å². The number of hydrogen-bond donors (Lipinski definition) is 2. The lowest BCUT2D eigenvalue weighted by atomic mass is 9.71. The van der Waals surface area contributed by atoms with Gasteiger partial charge >= 0.3 is 0 Å². The smallest absolute Gasteiger partial charge is 0.0455 e. The van der Waals surface area contributed by atoms with Crippen molar-refractivity contribution in [3.63, 3.8) is 0 Å². The van der Waals surface area contributed by atoms with Gasteiger partial charge in [0.05, 0.1) is 0 Å². The summed E-state index contributed by atoms with van der Waals surface area (Å²) in [5.41, 5.74) is 3.25. The average Bonchev–Trinajstić information content (AvgIpc) is 3.11. The van der Waals surface area contributed by atoms with E-state index in [2.05, 4.69) is 34.6 Å². The van der Waals surface area contributed by atoms with Crippen molar-refractivity contribution in [1.29, 1.82) is 0 Å². The summed E-state index contributed by atoms with van der Waals surface area (Å²) in [6, 6.07) is 9.48. The maximum atomic E-state index is 3.76. The van der Waals surface area contributed by atoms with E-state index in [1.807, 2.05) is 6.20 Å². The molecule has 0 bridgehead atoms. The van der Waals surface area contributed by atoms with Crippen LogP contribution in [-0.2, 0) is 0 Å². The van der Waals surface area contributed by atoms with Gasteiger partial charge in [-0.05, 0) is 68.2 Å². The highest BCUT2D eigenvalue weighted by Gasteiger charge is 2.37. The molecule has 1 spiro atoms. The molecule has 1 heterocycles. The van der Waals surface area contributed by atoms with Crippen LogP contribution in [0.25, 0.3) is 10.9 Å². The molecule has 2 aromatic rings. The number of hydrogen-bond acceptors (Lipinski definition) is 1. The number of aromatic amines is 1. The lowest BCUT2D eigenvalue weighted by Gasteiger charge is -2.37. The summed E-state index contributed by atoms with van der Waals surface area (Å²) in [5, 5.41) is 5.06. The first-order valence-corrected chi connectivity index (χ1v) is 8.17. The van der Waals surface area contributed by atoms with Crippen LogP contribution in [0.5, 0.6) is 0 Å². The molecule has 2 fully saturated rings. The second kappa shape index (κ2) is 4.83. The number of anilines is 1. The quantitative estimate of drug-likeness (QED) is 0.780. The normalized spacial score (nSPS) is 22.6. The molecule has 2 nitrogen and oxygen atoms in total. The van der Waals surface area contributed by atoms with Gasteiger partial charge in [0.1, 0.15) is 0 Å². The molecule has 0 aliphatic heterocycles. The van der Waals surface area contributed by atoms with Gasteiger partial charge in [-0.25, -0.2) is 0 Å². The average molecular weight is 268 g/mol. The Morgan fingerprint density at radius 2 is 1.80 bits per heavy atom. The summed E-state index contributed by atoms with van der Waals surface area (Å²) in [6.07, 6.45) is 13.5. The predicted molar refractivity (Wildman–Crippen MR) is 85.1 cm³/mol. The summed E-state index contributed by atoms with van der Waals surface area (Å²) in [4.78, 5) is 3.26. The van der Waals surface area contributed by atoms with Crippen molar-refractivity contribution < 1.29 is 0 Å². The molecule has 0 unspecified atom stereocenters. The summed E-state index contributed by atoms with van der Waals surface area (Å²) in [6.45, 7) is 0. The molecule has 0 radical (unpaired) electrons. The second-order valence-corrected chi connectivity index (χ2v) is 6.91. The van der Waals surface area contributed by atoms with E-state index in [0.717, 1.165) is 5.41 Å². The fourth-order valence-corrected chi connectivity index (χ4v) is 4.38. The first-order chi connectivity index (χ1) is 9.83. The van der Waals surface area contributed by atoms with Crippen LogP contribution in [-0.4, -0.2) is 11.0 Å². The van der Waals surface area contributed by atoms with Crippen LogP contribution >= 0.6 is 0 Å². The minimum absolute atomic E-state index is 0.678. The first-order valence-electron chi connectivity index (χ1n) is 8.17. The Bertz CT molecular complexity index is 582. The molecule has 1 aromatic carbocycles. The third-order valence-corrected chi connectivity index (χ3v) is 5.63. The van der Waals surface area contributed by atoms with Gasteiger partial charge in [-0.15, -0.1) is 0 Å². The Labute approximate surface area is 121 Å². The number of rotatable bonds is 2. The first kappa shape index (κ1) is 12.3. The zero-order valence-corrected chi connectivity index (χ0v) is 12.1. The van der Waals surface area contributed by atoms with Crippen LogP contribution in [0.15, 0.2) is 30.5 Å². The van der Waals surface area contributed by atoms with Crippen LogP contribution < -0.4 is 5.32 Å². The predicted octanol–water partition coefficient (Wildman–Crippen LogP) is 5.08. The van der Waals surface area contributed by atoms with Crippen LogP contribution in [0, 0.1) is 5.41 Å². The highest BCUT2D eigenvalue weighted by atomic mass is 14.9. The Balaban J connectivity index is 1.42. The zero-order valence-electron chi connectivity index (χ0n) is 12.1. The van der Waals surface area contributed by atoms with Crippen molar-refractivity contribution in [2.24, 2.45) is 5.41 Å². The Hall–Kier alpha value is -1.44. The topological polar surface area (TPSA) is 27.8 Å². The summed E-state index contributed by atoms with van der Waals surface area (Å²) < 4.78 is 0. The maximum absolute atomic E-state index is 3.76. The van der Waals surface area contributed by atoms with Crippen molar-refractivity contribution in [3.05, 3.63) is 30.5 Å². The molecule has 20 heavy (non-hydrogen) atoms. The molecule has 0 amide bonds. The van der Waals surface area contributed by atoms with Crippen molar-refractivity contribution in [2.75, 3.05) is 5.32 Å². The molecule has 1 aromatic heterocycles. The van der Waals surface area contributed by atoms with E-state index >= 15 is 0 Å². The number of benzene rings is 1. The van der Waals surface area contributed by atoms with Crippen molar-refractivity contribution in [3.8, 4) is 0 Å². The van der Waals surface area contributed by atoms with Gasteiger partial charge in [0.15, 0.2) is 0 Å². The Morgan fingerprint density at radius 1 is 1.00 bits per heavy atom. The number of fused-ring (bicyclic) bond motifs is 1. The van der Waals surface area contributed by atoms with Crippen LogP contribution in [0.1, 0.15) is 51.4 Å². The number of H-pyrrole nitrogens is 1. The lowest BCUT2D eigenvalue weighted by molar-refractivity contribution is 0.188. The third-order valence-electron chi connectivity index (χ3n) is 5.63. The van der Waals surface area contributed by atoms with E-state index in [0.29, 0.717) is 6.04 Å². The van der Waals surface area contributed by atoms with E-state index in [4.69, 9.17) is 0 Å². The van der Waals surface area contributed by atoms with E-state index in [1.54, 1.807) is 0 Å². The van der Waals surface area contributed by atoms with Crippen molar-refractivity contribution in [1.82, 2.24) is 4.98 Å². The van der Waals surface area contributed by atoms with E-state index < -0.39 is 0 Å². The number of nitrogens with one attached hydrogen (secondary N) is 2. The monoisotopic (exact) mass is 268 g/mol. The third kappa shape index (κ3) is 2.21. The van der Waals surface area contributed by atoms with E-state index in [-0.39, 0.29) is 0 Å². The Kier molecular flexibility index (Phi) is 2.98. The molecule has 4 rings (SSSR count). The molecule has 106 valence electrons. The molecule has 2 aliphatic carbocycles. The van der Waals surface area contributed by atoms with E-state index in [9.17, 15) is 0 Å². The SMILES string of the molecule is c1cc2cc(NC3CCC4(CCCC4)CC3)ccc2[nH]1. The van der Waals surface area contributed by atoms with Crippen LogP contribution in [0.3, 0.4) is 0 Å². The van der Waals surface area contributed by atoms with Gasteiger partial charge in [0.25, 0.3) is 0 Å². The molecule has 2 saturated carbocycles. The van der Waals surface area contributed by atoms with Gasteiger partial charge in [-0.2, -0.15) is 0 Å². The van der Waals surface area contributed by atoms with Gasteiger partial charge in [0, 0.05) is 28.8 Å². The highest BCUT2D eigenvalue weighted by Crippen LogP contribution is 2.49. The minimum Gasteiger partial charge on any atom is -0.382 e. The van der Waals surface area contributed by atoms with E-state index in [1.165, 1.54) is 68.0 Å². The maximum Gasteiger partial charge on any atom is 0.0455 e. The molecular formula is C18H24N2. The zero-order chi connectivity index (χ0) is 13.4. The molecule has 0 saturated heterocycles. The fourth-order valence-electron chi connectivity index (χ4n) is 4.38. The molecular weight excluding hydrogens is 244 g/mol. The lowest BCUT2D eigenvalue weighted by Crippen LogP contribution is -2.31. The highest BCUT2D eigenvalue weighted by molar-refractivity contribution is 5.83. The number of aromatic nitrogens is 1. The summed E-state index contributed by atoms with van der Waals surface area (Å²) in [5.74, 6) is 0. The standard InChI is InChI=1S/C18H24N2/c1-2-9-18(8-1)10-5-15(6-11-18)20-16-3-4-17-14(13-16)7-12-19-17/h3-4,7,12-13,15,19-20H,1-2,5-6,8-11H2. The van der Waals surface area contributed by atoms with Crippen LogP contribution in [0.2, 0.25) is 0 Å². The second-order valence-electron chi connectivity index (χ2n) is 6.91. The van der Waals surface area contributed by atoms with Gasteiger partial charge in [0.2, 0.25) is 0 Å². The van der Waals surface area contributed by atoms with Gasteiger partial charge < -0.3 is 10.3 Å². The van der Waals surface area contributed by atoms with Gasteiger partial charge in [-0.3, -0.25) is 0 Å². The summed E-state index contributed by atoms with van der Waals surface area (Å²) >= 11 is 0. The molecule has 0 atom stereocenters. The molecule has 2 N–H and O–H groups in total. The largest absolute Gasteiger partial charge is 0.382 e. The molecule has 2 aliphatic rings. The Morgan fingerprint density at radius 3 is 2.60 bits per heavy atom. The van der Waals surface area contributed by atoms with Crippen LogP contribution in [0.4, 0.5) is 5.69 Å².